The predicted octanol–water partition coefficient (Wildman–Crippen LogP) is 2.04. The SMILES string of the molecule is O=c1cc(OCc2ccc(F)cc2F)nc(CO)n1Cc1cccnc1. The number of aliphatic hydroxyl groups is 1. The van der Waals surface area contributed by atoms with Crippen molar-refractivity contribution in [2.45, 2.75) is 19.8 Å². The molecule has 0 spiro atoms. The molecule has 0 aliphatic heterocycles. The Kier molecular flexibility index (Phi) is 5.33. The highest BCUT2D eigenvalue weighted by molar-refractivity contribution is 5.19. The molecule has 1 aromatic carbocycles. The summed E-state index contributed by atoms with van der Waals surface area (Å²) in [5.74, 6) is -1.39. The van der Waals surface area contributed by atoms with Crippen LogP contribution in [0.1, 0.15) is 17.0 Å². The molecule has 2 aromatic heterocycles. The van der Waals surface area contributed by atoms with Crippen molar-refractivity contribution in [3.8, 4) is 5.88 Å². The monoisotopic (exact) mass is 359 g/mol. The molecule has 0 unspecified atom stereocenters. The van der Waals surface area contributed by atoms with Crippen molar-refractivity contribution in [2.24, 2.45) is 0 Å². The molecule has 0 fully saturated rings. The molecule has 3 aromatic rings. The smallest absolute Gasteiger partial charge is 0.257 e. The van der Waals surface area contributed by atoms with E-state index < -0.39 is 23.8 Å². The zero-order valence-electron chi connectivity index (χ0n) is 13.6. The second kappa shape index (κ2) is 7.83. The van der Waals surface area contributed by atoms with Crippen LogP contribution in [0.15, 0.2) is 53.6 Å². The van der Waals surface area contributed by atoms with Gasteiger partial charge in [-0.3, -0.25) is 14.3 Å². The molecule has 0 amide bonds. The first-order chi connectivity index (χ1) is 12.6. The third-order valence-corrected chi connectivity index (χ3v) is 3.66. The molecule has 0 saturated heterocycles. The maximum absolute atomic E-state index is 13.6. The first-order valence-corrected chi connectivity index (χ1v) is 7.74. The maximum Gasteiger partial charge on any atom is 0.257 e. The summed E-state index contributed by atoms with van der Waals surface area (Å²) in [6.07, 6.45) is 3.22. The summed E-state index contributed by atoms with van der Waals surface area (Å²) in [4.78, 5) is 20.4. The Labute approximate surface area is 147 Å². The zero-order valence-corrected chi connectivity index (χ0v) is 13.6. The van der Waals surface area contributed by atoms with Crippen molar-refractivity contribution in [2.75, 3.05) is 0 Å². The molecule has 26 heavy (non-hydrogen) atoms. The largest absolute Gasteiger partial charge is 0.472 e. The lowest BCUT2D eigenvalue weighted by atomic mass is 10.2. The van der Waals surface area contributed by atoms with Crippen LogP contribution in [-0.4, -0.2) is 19.6 Å². The number of aliphatic hydroxyl groups excluding tert-OH is 1. The molecule has 0 saturated carbocycles. The van der Waals surface area contributed by atoms with Gasteiger partial charge in [0.1, 0.15) is 30.7 Å². The van der Waals surface area contributed by atoms with Crippen LogP contribution >= 0.6 is 0 Å². The minimum atomic E-state index is -0.752. The Bertz CT molecular complexity index is 962. The quantitative estimate of drug-likeness (QED) is 0.729. The Morgan fingerprint density at radius 1 is 1.19 bits per heavy atom. The molecule has 3 rings (SSSR count). The summed E-state index contributed by atoms with van der Waals surface area (Å²) >= 11 is 0. The highest BCUT2D eigenvalue weighted by atomic mass is 19.1. The molecule has 6 nitrogen and oxygen atoms in total. The van der Waals surface area contributed by atoms with Gasteiger partial charge < -0.3 is 9.84 Å². The Morgan fingerprint density at radius 3 is 2.73 bits per heavy atom. The average Bonchev–Trinajstić information content (AvgIpc) is 2.63. The Balaban J connectivity index is 1.81. The van der Waals surface area contributed by atoms with Crippen LogP contribution in [0.3, 0.4) is 0 Å². The number of rotatable bonds is 6. The second-order valence-corrected chi connectivity index (χ2v) is 5.48. The maximum atomic E-state index is 13.6. The molecule has 1 N–H and O–H groups in total. The number of pyridine rings is 1. The minimum Gasteiger partial charge on any atom is -0.472 e. The van der Waals surface area contributed by atoms with Crippen molar-refractivity contribution >= 4 is 0 Å². The Hall–Kier alpha value is -3.13. The summed E-state index contributed by atoms with van der Waals surface area (Å²) in [6.45, 7) is -0.504. The van der Waals surface area contributed by atoms with Crippen LogP contribution in [0.2, 0.25) is 0 Å². The average molecular weight is 359 g/mol. The van der Waals surface area contributed by atoms with E-state index in [4.69, 9.17) is 4.74 Å². The summed E-state index contributed by atoms with van der Waals surface area (Å²) < 4.78 is 33.2. The molecule has 0 atom stereocenters. The molecule has 0 bridgehead atoms. The van der Waals surface area contributed by atoms with Gasteiger partial charge in [0, 0.05) is 24.0 Å². The third-order valence-electron chi connectivity index (χ3n) is 3.66. The highest BCUT2D eigenvalue weighted by Crippen LogP contribution is 2.13. The number of ether oxygens (including phenoxy) is 1. The van der Waals surface area contributed by atoms with Gasteiger partial charge in [-0.15, -0.1) is 0 Å². The lowest BCUT2D eigenvalue weighted by Crippen LogP contribution is -2.25. The molecule has 134 valence electrons. The molecule has 0 aliphatic rings. The minimum absolute atomic E-state index is 0.0507. The van der Waals surface area contributed by atoms with Crippen LogP contribution in [0.25, 0.3) is 0 Å². The lowest BCUT2D eigenvalue weighted by Gasteiger charge is -2.12. The van der Waals surface area contributed by atoms with Gasteiger partial charge >= 0.3 is 0 Å². The highest BCUT2D eigenvalue weighted by Gasteiger charge is 2.11. The van der Waals surface area contributed by atoms with Crippen LogP contribution in [0, 0.1) is 11.6 Å². The topological polar surface area (TPSA) is 77.2 Å². The number of hydrogen-bond donors (Lipinski definition) is 1. The van der Waals surface area contributed by atoms with Gasteiger partial charge in [-0.2, -0.15) is 4.98 Å². The van der Waals surface area contributed by atoms with Crippen molar-refractivity contribution in [3.63, 3.8) is 0 Å². The van der Waals surface area contributed by atoms with E-state index in [1.165, 1.54) is 10.6 Å². The number of benzene rings is 1. The molecule has 2 heterocycles. The summed E-state index contributed by atoms with van der Waals surface area (Å²) in [6, 6.07) is 7.79. The van der Waals surface area contributed by atoms with Crippen LogP contribution in [0.5, 0.6) is 5.88 Å². The van der Waals surface area contributed by atoms with E-state index in [1.54, 1.807) is 24.5 Å². The Morgan fingerprint density at radius 2 is 2.04 bits per heavy atom. The van der Waals surface area contributed by atoms with E-state index in [9.17, 15) is 18.7 Å². The molecule has 0 radical (unpaired) electrons. The third kappa shape index (κ3) is 4.09. The number of aromatic nitrogens is 3. The zero-order chi connectivity index (χ0) is 18.5. The number of nitrogens with zero attached hydrogens (tertiary/aromatic N) is 3. The van der Waals surface area contributed by atoms with Gasteiger partial charge in [-0.25, -0.2) is 8.78 Å². The van der Waals surface area contributed by atoms with Gasteiger partial charge in [0.05, 0.1) is 12.6 Å². The first kappa shape index (κ1) is 17.7. The van der Waals surface area contributed by atoms with Gasteiger partial charge in [0.15, 0.2) is 0 Å². The molecule has 0 aliphatic carbocycles. The van der Waals surface area contributed by atoms with Crippen molar-refractivity contribution in [1.29, 1.82) is 0 Å². The van der Waals surface area contributed by atoms with Crippen molar-refractivity contribution in [1.82, 2.24) is 14.5 Å². The van der Waals surface area contributed by atoms with E-state index in [0.717, 1.165) is 23.8 Å². The molecule has 8 heteroatoms. The molecular formula is C18H15F2N3O3. The van der Waals surface area contributed by atoms with Crippen LogP contribution < -0.4 is 10.3 Å². The normalized spacial score (nSPS) is 10.7. The number of hydrogen-bond acceptors (Lipinski definition) is 5. The van der Waals surface area contributed by atoms with Crippen LogP contribution in [-0.2, 0) is 19.8 Å². The van der Waals surface area contributed by atoms with Gasteiger partial charge in [-0.05, 0) is 23.8 Å². The van der Waals surface area contributed by atoms with Gasteiger partial charge in [-0.1, -0.05) is 6.07 Å². The van der Waals surface area contributed by atoms with E-state index >= 15 is 0 Å². The number of halogens is 2. The lowest BCUT2D eigenvalue weighted by molar-refractivity contribution is 0.250. The summed E-state index contributed by atoms with van der Waals surface area (Å²) in [7, 11) is 0. The van der Waals surface area contributed by atoms with Crippen molar-refractivity contribution < 1.29 is 18.6 Å². The van der Waals surface area contributed by atoms with E-state index in [2.05, 4.69) is 9.97 Å². The summed E-state index contributed by atoms with van der Waals surface area (Å²) in [5, 5.41) is 9.51. The standard InChI is InChI=1S/C18H15F2N3O3/c19-14-4-3-13(15(20)6-14)11-26-17-7-18(25)23(16(10-24)22-17)9-12-2-1-5-21-8-12/h1-8,24H,9-11H2. The molecular weight excluding hydrogens is 344 g/mol. The van der Waals surface area contributed by atoms with E-state index in [1.807, 2.05) is 0 Å². The fraction of sp³-hybridized carbons (Fsp3) is 0.167. The fourth-order valence-electron chi connectivity index (χ4n) is 2.36. The summed E-state index contributed by atoms with van der Waals surface area (Å²) in [5.41, 5.74) is 0.467. The second-order valence-electron chi connectivity index (χ2n) is 5.48. The predicted molar refractivity (Wildman–Crippen MR) is 88.4 cm³/mol. The van der Waals surface area contributed by atoms with E-state index in [-0.39, 0.29) is 30.4 Å². The first-order valence-electron chi connectivity index (χ1n) is 7.74. The van der Waals surface area contributed by atoms with Gasteiger partial charge in [0.2, 0.25) is 5.88 Å². The van der Waals surface area contributed by atoms with Crippen LogP contribution in [0.4, 0.5) is 8.78 Å². The van der Waals surface area contributed by atoms with Gasteiger partial charge in [0.25, 0.3) is 5.56 Å². The fourth-order valence-corrected chi connectivity index (χ4v) is 2.36. The van der Waals surface area contributed by atoms with E-state index in [0.29, 0.717) is 0 Å². The van der Waals surface area contributed by atoms with Crippen molar-refractivity contribution in [3.05, 3.63) is 87.7 Å².